The monoisotopic (exact) mass is 408 g/mol. The number of rotatable bonds is 4. The summed E-state index contributed by atoms with van der Waals surface area (Å²) in [6.07, 6.45) is 0. The van der Waals surface area contributed by atoms with Crippen LogP contribution in [-0.4, -0.2) is 26.6 Å². The number of carbonyl (C=O) groups excluding carboxylic acids is 1. The molecule has 0 aliphatic carbocycles. The van der Waals surface area contributed by atoms with E-state index in [4.69, 9.17) is 23.2 Å². The Morgan fingerprint density at radius 3 is 2.80 bits per heavy atom. The van der Waals surface area contributed by atoms with E-state index in [1.54, 1.807) is 24.3 Å². The Kier molecular flexibility index (Phi) is 4.56. The molecule has 2 heterocycles. The van der Waals surface area contributed by atoms with Crippen LogP contribution in [0.5, 0.6) is 0 Å². The number of carbonyl (C=O) groups is 1. The summed E-state index contributed by atoms with van der Waals surface area (Å²) < 4.78 is 0.974. The summed E-state index contributed by atoms with van der Waals surface area (Å²) in [5.41, 5.74) is 2.43. The van der Waals surface area contributed by atoms with Gasteiger partial charge in [-0.3, -0.25) is 4.79 Å². The summed E-state index contributed by atoms with van der Waals surface area (Å²) in [6.45, 7) is 0. The zero-order valence-electron chi connectivity index (χ0n) is 12.5. The fourth-order valence-corrected chi connectivity index (χ4v) is 4.16. The second kappa shape index (κ2) is 6.84. The number of anilines is 1. The molecule has 0 aliphatic heterocycles. The molecule has 1 amide bonds. The van der Waals surface area contributed by atoms with Gasteiger partial charge in [-0.1, -0.05) is 46.3 Å². The van der Waals surface area contributed by atoms with Crippen LogP contribution in [0.3, 0.4) is 0 Å². The molecule has 0 fully saturated rings. The van der Waals surface area contributed by atoms with Crippen LogP contribution in [0.15, 0.2) is 41.6 Å². The molecule has 5 nitrogen and oxygen atoms in total. The number of nitrogens with one attached hydrogen (secondary N) is 2. The van der Waals surface area contributed by atoms with Crippen molar-refractivity contribution in [2.45, 2.75) is 5.16 Å². The van der Waals surface area contributed by atoms with Crippen LogP contribution in [0, 0.1) is 0 Å². The van der Waals surface area contributed by atoms with Crippen LogP contribution < -0.4 is 5.32 Å². The average Bonchev–Trinajstić information content (AvgIpc) is 3.14. The maximum atomic E-state index is 12.1. The molecule has 4 rings (SSSR count). The smallest absolute Gasteiger partial charge is 0.236 e. The van der Waals surface area contributed by atoms with Gasteiger partial charge in [0.2, 0.25) is 5.91 Å². The molecule has 126 valence electrons. The second-order valence-corrected chi connectivity index (χ2v) is 8.04. The van der Waals surface area contributed by atoms with Gasteiger partial charge in [0.15, 0.2) is 10.3 Å². The second-order valence-electron chi connectivity index (χ2n) is 5.17. The molecule has 0 radical (unpaired) electrons. The van der Waals surface area contributed by atoms with Crippen molar-refractivity contribution in [3.63, 3.8) is 0 Å². The van der Waals surface area contributed by atoms with Gasteiger partial charge in [0.1, 0.15) is 0 Å². The van der Waals surface area contributed by atoms with Crippen LogP contribution in [-0.2, 0) is 4.79 Å². The van der Waals surface area contributed by atoms with Gasteiger partial charge < -0.3 is 10.3 Å². The predicted molar refractivity (Wildman–Crippen MR) is 105 cm³/mol. The molecule has 0 atom stereocenters. The van der Waals surface area contributed by atoms with Crippen LogP contribution in [0.25, 0.3) is 21.3 Å². The molecule has 0 aliphatic rings. The Morgan fingerprint density at radius 2 is 1.92 bits per heavy atom. The van der Waals surface area contributed by atoms with Crippen LogP contribution in [0.2, 0.25) is 10.0 Å². The number of thiazole rings is 1. The Bertz CT molecular complexity index is 1090. The Labute approximate surface area is 160 Å². The number of halogens is 2. The SMILES string of the molecule is O=C(CSc1nc2ccc(Cl)cc2[nH]1)Nc1nc2cc(Cl)ccc2s1. The van der Waals surface area contributed by atoms with E-state index in [2.05, 4.69) is 20.3 Å². The number of benzene rings is 2. The number of hydrogen-bond donors (Lipinski definition) is 2. The quantitative estimate of drug-likeness (QED) is 0.454. The minimum absolute atomic E-state index is 0.145. The van der Waals surface area contributed by atoms with Gasteiger partial charge in [-0.05, 0) is 36.4 Å². The molecule has 0 bridgehead atoms. The van der Waals surface area contributed by atoms with Gasteiger partial charge in [0, 0.05) is 10.0 Å². The van der Waals surface area contributed by atoms with Crippen molar-refractivity contribution >= 4 is 78.6 Å². The summed E-state index contributed by atoms with van der Waals surface area (Å²) in [4.78, 5) is 24.1. The third kappa shape index (κ3) is 3.74. The van der Waals surface area contributed by atoms with Crippen molar-refractivity contribution in [3.8, 4) is 0 Å². The molecule has 0 spiro atoms. The molecule has 2 aromatic heterocycles. The van der Waals surface area contributed by atoms with Gasteiger partial charge in [0.25, 0.3) is 0 Å². The summed E-state index contributed by atoms with van der Waals surface area (Å²) in [7, 11) is 0. The van der Waals surface area contributed by atoms with E-state index >= 15 is 0 Å². The lowest BCUT2D eigenvalue weighted by Crippen LogP contribution is -2.13. The van der Waals surface area contributed by atoms with E-state index in [-0.39, 0.29) is 11.7 Å². The van der Waals surface area contributed by atoms with Crippen molar-refractivity contribution in [2.24, 2.45) is 0 Å². The highest BCUT2D eigenvalue weighted by atomic mass is 35.5. The van der Waals surface area contributed by atoms with Crippen molar-refractivity contribution in [2.75, 3.05) is 11.1 Å². The van der Waals surface area contributed by atoms with E-state index in [0.29, 0.717) is 20.3 Å². The van der Waals surface area contributed by atoms with E-state index in [0.717, 1.165) is 21.3 Å². The summed E-state index contributed by atoms with van der Waals surface area (Å²) in [5.74, 6) is 0.0816. The molecule has 0 unspecified atom stereocenters. The highest BCUT2D eigenvalue weighted by Crippen LogP contribution is 2.28. The normalized spacial score (nSPS) is 11.3. The number of aromatic amines is 1. The summed E-state index contributed by atoms with van der Waals surface area (Å²) in [6, 6.07) is 10.9. The highest BCUT2D eigenvalue weighted by molar-refractivity contribution is 7.99. The van der Waals surface area contributed by atoms with Crippen molar-refractivity contribution in [1.82, 2.24) is 15.0 Å². The first kappa shape index (κ1) is 16.7. The first-order valence-electron chi connectivity index (χ1n) is 7.21. The first-order valence-corrected chi connectivity index (χ1v) is 9.77. The molecule has 0 saturated carbocycles. The zero-order valence-corrected chi connectivity index (χ0v) is 15.7. The van der Waals surface area contributed by atoms with E-state index in [1.807, 2.05) is 12.1 Å². The summed E-state index contributed by atoms with van der Waals surface area (Å²) in [5, 5.41) is 5.29. The van der Waals surface area contributed by atoms with Crippen molar-refractivity contribution < 1.29 is 4.79 Å². The minimum atomic E-state index is -0.145. The number of nitrogens with zero attached hydrogens (tertiary/aromatic N) is 2. The standard InChI is InChI=1S/C16H10Cl2N4OS2/c17-8-1-3-10-11(5-8)20-15(19-10)24-7-14(23)22-16-21-12-6-9(18)2-4-13(12)25-16/h1-6H,7H2,(H,19,20)(H,21,22,23). The molecular weight excluding hydrogens is 399 g/mol. The average molecular weight is 409 g/mol. The number of hydrogen-bond acceptors (Lipinski definition) is 5. The van der Waals surface area contributed by atoms with Crippen molar-refractivity contribution in [3.05, 3.63) is 46.4 Å². The molecule has 0 saturated heterocycles. The van der Waals surface area contributed by atoms with E-state index in [1.165, 1.54) is 23.1 Å². The van der Waals surface area contributed by atoms with E-state index in [9.17, 15) is 4.79 Å². The van der Waals surface area contributed by atoms with Crippen LogP contribution >= 0.6 is 46.3 Å². The number of H-pyrrole nitrogens is 1. The molecule has 2 aromatic carbocycles. The van der Waals surface area contributed by atoms with Gasteiger partial charge in [-0.2, -0.15) is 0 Å². The maximum absolute atomic E-state index is 12.1. The topological polar surface area (TPSA) is 70.7 Å². The highest BCUT2D eigenvalue weighted by Gasteiger charge is 2.10. The fourth-order valence-electron chi connectivity index (χ4n) is 2.27. The number of thioether (sulfide) groups is 1. The van der Waals surface area contributed by atoms with Crippen molar-refractivity contribution in [1.29, 1.82) is 0 Å². The zero-order chi connectivity index (χ0) is 17.4. The lowest BCUT2D eigenvalue weighted by atomic mass is 10.3. The largest absolute Gasteiger partial charge is 0.333 e. The molecule has 9 heteroatoms. The number of aromatic nitrogens is 3. The fraction of sp³-hybridized carbons (Fsp3) is 0.0625. The predicted octanol–water partition coefficient (Wildman–Crippen LogP) is 5.21. The van der Waals surface area contributed by atoms with Gasteiger partial charge >= 0.3 is 0 Å². The third-order valence-electron chi connectivity index (χ3n) is 3.36. The third-order valence-corrected chi connectivity index (χ3v) is 5.65. The number of fused-ring (bicyclic) bond motifs is 2. The van der Waals surface area contributed by atoms with Gasteiger partial charge in [0.05, 0.1) is 27.0 Å². The molecule has 2 N–H and O–H groups in total. The maximum Gasteiger partial charge on any atom is 0.236 e. The first-order chi connectivity index (χ1) is 12.1. The number of amides is 1. The van der Waals surface area contributed by atoms with E-state index < -0.39 is 0 Å². The van der Waals surface area contributed by atoms with Crippen LogP contribution in [0.4, 0.5) is 5.13 Å². The number of imidazole rings is 1. The lowest BCUT2D eigenvalue weighted by molar-refractivity contribution is -0.113. The molecule has 25 heavy (non-hydrogen) atoms. The van der Waals surface area contributed by atoms with Gasteiger partial charge in [-0.15, -0.1) is 0 Å². The Morgan fingerprint density at radius 1 is 1.12 bits per heavy atom. The lowest BCUT2D eigenvalue weighted by Gasteiger charge is -1.99. The molecule has 4 aromatic rings. The minimum Gasteiger partial charge on any atom is -0.333 e. The Hall–Kier alpha value is -1.80. The Balaban J connectivity index is 1.42. The van der Waals surface area contributed by atoms with Gasteiger partial charge in [-0.25, -0.2) is 9.97 Å². The van der Waals surface area contributed by atoms with Crippen LogP contribution in [0.1, 0.15) is 0 Å². The summed E-state index contributed by atoms with van der Waals surface area (Å²) >= 11 is 14.6. The molecular formula is C16H10Cl2N4OS2.